The number of carbonyl (C=O) groups excluding carboxylic acids is 1. The molecule has 0 bridgehead atoms. The smallest absolute Gasteiger partial charge is 0.350 e. The topological polar surface area (TPSA) is 74.2 Å². The largest absolute Gasteiger partial charge is 0.490 e. The van der Waals surface area contributed by atoms with Crippen molar-refractivity contribution in [3.63, 3.8) is 0 Å². The maximum Gasteiger partial charge on any atom is 0.350 e. The van der Waals surface area contributed by atoms with E-state index in [4.69, 9.17) is 9.47 Å². The molecular formula is C18H17N3O3S. The molecule has 7 heteroatoms. The molecule has 0 aliphatic carbocycles. The fourth-order valence-corrected chi connectivity index (χ4v) is 2.99. The number of aromatic nitrogens is 3. The fraction of sp³-hybridized carbons (Fsp3) is 0.222. The van der Waals surface area contributed by atoms with Gasteiger partial charge in [-0.1, -0.05) is 17.7 Å². The minimum Gasteiger partial charge on any atom is -0.490 e. The van der Waals surface area contributed by atoms with Crippen LogP contribution in [0.1, 0.15) is 20.9 Å². The predicted molar refractivity (Wildman–Crippen MR) is 94.8 cm³/mol. The highest BCUT2D eigenvalue weighted by Crippen LogP contribution is 2.25. The molecule has 0 spiro atoms. The maximum absolute atomic E-state index is 12.2. The minimum absolute atomic E-state index is 0.168. The van der Waals surface area contributed by atoms with Gasteiger partial charge in [0, 0.05) is 12.4 Å². The number of hydrogen-bond donors (Lipinski definition) is 0. The van der Waals surface area contributed by atoms with E-state index in [0.29, 0.717) is 28.0 Å². The average Bonchev–Trinajstić information content (AvgIpc) is 3.03. The maximum atomic E-state index is 12.2. The third-order valence-corrected chi connectivity index (χ3v) is 4.48. The normalized spacial score (nSPS) is 10.5. The summed E-state index contributed by atoms with van der Waals surface area (Å²) in [6.45, 7) is 4.24. The van der Waals surface area contributed by atoms with Crippen molar-refractivity contribution in [1.29, 1.82) is 0 Å². The van der Waals surface area contributed by atoms with Crippen LogP contribution < -0.4 is 4.74 Å². The SMILES string of the molecule is Cc1ccc(OCCOC(=O)c2sc(-c3ncccn3)nc2C)cc1. The summed E-state index contributed by atoms with van der Waals surface area (Å²) in [7, 11) is 0. The van der Waals surface area contributed by atoms with Gasteiger partial charge in [-0.05, 0) is 32.0 Å². The van der Waals surface area contributed by atoms with E-state index in [1.165, 1.54) is 11.3 Å². The quantitative estimate of drug-likeness (QED) is 0.498. The van der Waals surface area contributed by atoms with Gasteiger partial charge in [0.05, 0.1) is 5.69 Å². The van der Waals surface area contributed by atoms with E-state index in [-0.39, 0.29) is 6.61 Å². The van der Waals surface area contributed by atoms with Gasteiger partial charge in [-0.2, -0.15) is 0 Å². The molecule has 0 N–H and O–H groups in total. The van der Waals surface area contributed by atoms with E-state index < -0.39 is 5.97 Å². The second-order valence-corrected chi connectivity index (χ2v) is 6.30. The van der Waals surface area contributed by atoms with Gasteiger partial charge in [-0.3, -0.25) is 0 Å². The Bertz CT molecular complexity index is 848. The van der Waals surface area contributed by atoms with Crippen LogP contribution >= 0.6 is 11.3 Å². The van der Waals surface area contributed by atoms with Crippen molar-refractivity contribution in [1.82, 2.24) is 15.0 Å². The van der Waals surface area contributed by atoms with Crippen LogP contribution in [0.5, 0.6) is 5.75 Å². The first kappa shape index (κ1) is 17.0. The van der Waals surface area contributed by atoms with Crippen LogP contribution in [0.15, 0.2) is 42.7 Å². The van der Waals surface area contributed by atoms with Gasteiger partial charge < -0.3 is 9.47 Å². The monoisotopic (exact) mass is 355 g/mol. The second-order valence-electron chi connectivity index (χ2n) is 5.30. The lowest BCUT2D eigenvalue weighted by Gasteiger charge is -2.07. The standard InChI is InChI=1S/C18H17N3O3S/c1-12-4-6-14(7-5-12)23-10-11-24-18(22)15-13(2)21-17(25-15)16-19-8-3-9-20-16/h3-9H,10-11H2,1-2H3. The third-order valence-electron chi connectivity index (χ3n) is 3.35. The van der Waals surface area contributed by atoms with Gasteiger partial charge >= 0.3 is 5.97 Å². The van der Waals surface area contributed by atoms with Gasteiger partial charge in [-0.25, -0.2) is 19.7 Å². The first-order valence-electron chi connectivity index (χ1n) is 7.75. The molecule has 128 valence electrons. The number of esters is 1. The van der Waals surface area contributed by atoms with E-state index in [1.54, 1.807) is 25.4 Å². The summed E-state index contributed by atoms with van der Waals surface area (Å²) in [5.74, 6) is 0.834. The highest BCUT2D eigenvalue weighted by Gasteiger charge is 2.18. The summed E-state index contributed by atoms with van der Waals surface area (Å²) in [6, 6.07) is 9.44. The van der Waals surface area contributed by atoms with Crippen LogP contribution in [-0.2, 0) is 4.74 Å². The van der Waals surface area contributed by atoms with Gasteiger partial charge in [-0.15, -0.1) is 11.3 Å². The highest BCUT2D eigenvalue weighted by molar-refractivity contribution is 7.16. The van der Waals surface area contributed by atoms with Gasteiger partial charge in [0.15, 0.2) is 10.8 Å². The third kappa shape index (κ3) is 4.39. The number of carbonyl (C=O) groups is 1. The molecule has 25 heavy (non-hydrogen) atoms. The Kier molecular flexibility index (Phi) is 5.35. The predicted octanol–water partition coefficient (Wildman–Crippen LogP) is 3.45. The molecule has 0 aliphatic heterocycles. The Balaban J connectivity index is 1.55. The number of nitrogens with zero attached hydrogens (tertiary/aromatic N) is 3. The number of ether oxygens (including phenoxy) is 2. The molecule has 0 atom stereocenters. The van der Waals surface area contributed by atoms with Crippen molar-refractivity contribution in [2.24, 2.45) is 0 Å². The lowest BCUT2D eigenvalue weighted by atomic mass is 10.2. The van der Waals surface area contributed by atoms with Crippen molar-refractivity contribution in [2.45, 2.75) is 13.8 Å². The highest BCUT2D eigenvalue weighted by atomic mass is 32.1. The minimum atomic E-state index is -0.412. The van der Waals surface area contributed by atoms with E-state index in [9.17, 15) is 4.79 Å². The summed E-state index contributed by atoms with van der Waals surface area (Å²) in [5.41, 5.74) is 1.77. The molecule has 3 aromatic rings. The molecule has 0 saturated carbocycles. The Morgan fingerprint density at radius 2 is 1.80 bits per heavy atom. The Morgan fingerprint density at radius 3 is 2.52 bits per heavy atom. The Morgan fingerprint density at radius 1 is 1.08 bits per heavy atom. The number of thiazole rings is 1. The second kappa shape index (κ2) is 7.85. The number of hydrogen-bond acceptors (Lipinski definition) is 7. The van der Waals surface area contributed by atoms with E-state index in [0.717, 1.165) is 11.3 Å². The van der Waals surface area contributed by atoms with Crippen LogP contribution in [0.4, 0.5) is 0 Å². The first-order valence-corrected chi connectivity index (χ1v) is 8.56. The molecule has 0 amide bonds. The zero-order chi connectivity index (χ0) is 17.6. The molecule has 0 unspecified atom stereocenters. The van der Waals surface area contributed by atoms with E-state index in [2.05, 4.69) is 15.0 Å². The average molecular weight is 355 g/mol. The van der Waals surface area contributed by atoms with Crippen LogP contribution in [0.2, 0.25) is 0 Å². The van der Waals surface area contributed by atoms with Crippen molar-refractivity contribution >= 4 is 17.3 Å². The van der Waals surface area contributed by atoms with Gasteiger partial charge in [0.2, 0.25) is 0 Å². The van der Waals surface area contributed by atoms with Gasteiger partial charge in [0.1, 0.15) is 23.8 Å². The summed E-state index contributed by atoms with van der Waals surface area (Å²) in [5, 5.41) is 0.598. The van der Waals surface area contributed by atoms with Crippen LogP contribution in [-0.4, -0.2) is 34.1 Å². The van der Waals surface area contributed by atoms with Crippen LogP contribution in [0, 0.1) is 13.8 Å². The summed E-state index contributed by atoms with van der Waals surface area (Å²) < 4.78 is 10.8. The Labute approximate surface area is 149 Å². The zero-order valence-electron chi connectivity index (χ0n) is 13.9. The van der Waals surface area contributed by atoms with Crippen LogP contribution in [0.25, 0.3) is 10.8 Å². The molecule has 0 fully saturated rings. The first-order chi connectivity index (χ1) is 12.1. The number of benzene rings is 1. The van der Waals surface area contributed by atoms with Crippen molar-refractivity contribution in [3.8, 4) is 16.6 Å². The fourth-order valence-electron chi connectivity index (χ4n) is 2.08. The molecular weight excluding hydrogens is 338 g/mol. The van der Waals surface area contributed by atoms with Crippen molar-refractivity contribution < 1.29 is 14.3 Å². The molecule has 6 nitrogen and oxygen atoms in total. The summed E-state index contributed by atoms with van der Waals surface area (Å²) in [6.07, 6.45) is 3.28. The number of rotatable bonds is 6. The number of aryl methyl sites for hydroxylation is 2. The molecule has 1 aromatic carbocycles. The summed E-state index contributed by atoms with van der Waals surface area (Å²) >= 11 is 1.23. The molecule has 2 heterocycles. The lowest BCUT2D eigenvalue weighted by molar-refractivity contribution is 0.0455. The Hall–Kier alpha value is -2.80. The van der Waals surface area contributed by atoms with Crippen molar-refractivity contribution in [3.05, 3.63) is 58.9 Å². The lowest BCUT2D eigenvalue weighted by Crippen LogP contribution is -2.12. The molecule has 0 aliphatic rings. The zero-order valence-corrected chi connectivity index (χ0v) is 14.7. The molecule has 3 rings (SSSR count). The summed E-state index contributed by atoms with van der Waals surface area (Å²) in [4.78, 5) is 25.3. The van der Waals surface area contributed by atoms with E-state index in [1.807, 2.05) is 31.2 Å². The van der Waals surface area contributed by atoms with Gasteiger partial charge in [0.25, 0.3) is 0 Å². The van der Waals surface area contributed by atoms with Crippen LogP contribution in [0.3, 0.4) is 0 Å². The van der Waals surface area contributed by atoms with Crippen molar-refractivity contribution in [2.75, 3.05) is 13.2 Å². The molecule has 0 radical (unpaired) electrons. The molecule has 0 saturated heterocycles. The van der Waals surface area contributed by atoms with E-state index >= 15 is 0 Å². The molecule has 2 aromatic heterocycles.